The molecule has 1 heterocycles. The quantitative estimate of drug-likeness (QED) is 0.636. The molecule has 0 saturated heterocycles. The van der Waals surface area contributed by atoms with Gasteiger partial charge in [-0.2, -0.15) is 0 Å². The van der Waals surface area contributed by atoms with Gasteiger partial charge in [0.05, 0.1) is 5.69 Å². The maximum Gasteiger partial charge on any atom is 0.0705 e. The topological polar surface area (TPSA) is 12.9 Å². The van der Waals surface area contributed by atoms with Crippen molar-refractivity contribution in [3.8, 4) is 22.4 Å². The summed E-state index contributed by atoms with van der Waals surface area (Å²) in [5, 5.41) is 0. The minimum atomic E-state index is 1.03. The van der Waals surface area contributed by atoms with Gasteiger partial charge < -0.3 is 0 Å². The van der Waals surface area contributed by atoms with E-state index >= 15 is 0 Å². The van der Waals surface area contributed by atoms with Gasteiger partial charge in [0.15, 0.2) is 0 Å². The third-order valence-electron chi connectivity index (χ3n) is 3.18. The fraction of sp³-hybridized carbons (Fsp3) is 0.0556. The zero-order chi connectivity index (χ0) is 13.1. The van der Waals surface area contributed by atoms with E-state index in [0.29, 0.717) is 0 Å². The fourth-order valence-electron chi connectivity index (χ4n) is 2.17. The van der Waals surface area contributed by atoms with Crippen molar-refractivity contribution in [2.24, 2.45) is 0 Å². The summed E-state index contributed by atoms with van der Waals surface area (Å²) >= 11 is 0. The maximum absolute atomic E-state index is 4.55. The van der Waals surface area contributed by atoms with Crippen LogP contribution < -0.4 is 0 Å². The van der Waals surface area contributed by atoms with E-state index in [9.17, 15) is 0 Å². The minimum Gasteiger partial charge on any atom is -0.253 e. The van der Waals surface area contributed by atoms with E-state index in [1.807, 2.05) is 31.2 Å². The van der Waals surface area contributed by atoms with Crippen molar-refractivity contribution in [3.05, 3.63) is 78.5 Å². The first kappa shape index (κ1) is 11.7. The first-order valence-corrected chi connectivity index (χ1v) is 6.42. The van der Waals surface area contributed by atoms with Crippen molar-refractivity contribution in [3.63, 3.8) is 0 Å². The monoisotopic (exact) mass is 245 g/mol. The highest BCUT2D eigenvalue weighted by Gasteiger charge is 2.01. The minimum absolute atomic E-state index is 1.03. The number of pyridine rings is 1. The summed E-state index contributed by atoms with van der Waals surface area (Å²) in [6.45, 7) is 2.02. The average Bonchev–Trinajstić information content (AvgIpc) is 2.48. The van der Waals surface area contributed by atoms with Crippen molar-refractivity contribution < 1.29 is 0 Å². The van der Waals surface area contributed by atoms with E-state index in [0.717, 1.165) is 17.0 Å². The third kappa shape index (κ3) is 2.55. The molecule has 1 heteroatoms. The molecule has 2 aromatic carbocycles. The van der Waals surface area contributed by atoms with E-state index in [2.05, 4.69) is 53.5 Å². The smallest absolute Gasteiger partial charge is 0.0705 e. The van der Waals surface area contributed by atoms with E-state index in [-0.39, 0.29) is 0 Å². The molecule has 1 aromatic heterocycles. The first-order chi connectivity index (χ1) is 9.33. The van der Waals surface area contributed by atoms with Crippen LogP contribution in [0.4, 0.5) is 0 Å². The van der Waals surface area contributed by atoms with Crippen LogP contribution in [0.1, 0.15) is 5.69 Å². The molecule has 92 valence electrons. The number of benzene rings is 2. The lowest BCUT2D eigenvalue weighted by molar-refractivity contribution is 1.21. The number of aryl methyl sites for hydroxylation is 1. The number of aromatic nitrogens is 1. The van der Waals surface area contributed by atoms with E-state index in [1.54, 1.807) is 0 Å². The summed E-state index contributed by atoms with van der Waals surface area (Å²) in [7, 11) is 0. The van der Waals surface area contributed by atoms with Crippen LogP contribution in [-0.4, -0.2) is 4.98 Å². The van der Waals surface area contributed by atoms with Gasteiger partial charge in [0.1, 0.15) is 0 Å². The van der Waals surface area contributed by atoms with Gasteiger partial charge in [-0.25, -0.2) is 0 Å². The number of hydrogen-bond acceptors (Lipinski definition) is 1. The predicted molar refractivity (Wildman–Crippen MR) is 79.8 cm³/mol. The summed E-state index contributed by atoms with van der Waals surface area (Å²) < 4.78 is 0. The van der Waals surface area contributed by atoms with Gasteiger partial charge in [-0.3, -0.25) is 4.98 Å². The van der Waals surface area contributed by atoms with Crippen LogP contribution in [0.3, 0.4) is 0 Å². The van der Waals surface area contributed by atoms with Crippen LogP contribution in [0.25, 0.3) is 22.4 Å². The molecular weight excluding hydrogens is 230 g/mol. The molecule has 3 aromatic rings. The van der Waals surface area contributed by atoms with Crippen molar-refractivity contribution in [1.29, 1.82) is 0 Å². The molecule has 0 atom stereocenters. The van der Waals surface area contributed by atoms with Crippen LogP contribution >= 0.6 is 0 Å². The zero-order valence-electron chi connectivity index (χ0n) is 10.9. The lowest BCUT2D eigenvalue weighted by Gasteiger charge is -2.05. The standard InChI is InChI=1S/C18H15N/c1-14-6-5-9-18(19-14)17-12-10-16(11-13-17)15-7-3-2-4-8-15/h2-13H,1H3. The average molecular weight is 245 g/mol. The van der Waals surface area contributed by atoms with Crippen LogP contribution in [-0.2, 0) is 0 Å². The largest absolute Gasteiger partial charge is 0.253 e. The summed E-state index contributed by atoms with van der Waals surface area (Å²) in [6, 6.07) is 25.1. The Morgan fingerprint density at radius 3 is 1.89 bits per heavy atom. The molecule has 0 aliphatic carbocycles. The molecule has 0 radical (unpaired) electrons. The van der Waals surface area contributed by atoms with Gasteiger partial charge in [-0.15, -0.1) is 0 Å². The number of nitrogens with zero attached hydrogens (tertiary/aromatic N) is 1. The Hall–Kier alpha value is -2.41. The van der Waals surface area contributed by atoms with Crippen molar-refractivity contribution in [2.45, 2.75) is 6.92 Å². The Labute approximate surface area is 113 Å². The molecule has 0 unspecified atom stereocenters. The highest BCUT2D eigenvalue weighted by molar-refractivity contribution is 5.68. The molecule has 1 nitrogen and oxygen atoms in total. The second kappa shape index (κ2) is 5.07. The van der Waals surface area contributed by atoms with Gasteiger partial charge in [0.25, 0.3) is 0 Å². The SMILES string of the molecule is Cc1cccc(-c2ccc(-c3ccccc3)cc2)n1. The summed E-state index contributed by atoms with van der Waals surface area (Å²) in [5.41, 5.74) is 5.70. The Balaban J connectivity index is 1.95. The normalized spacial score (nSPS) is 10.4. The van der Waals surface area contributed by atoms with E-state index in [1.165, 1.54) is 11.1 Å². The second-order valence-corrected chi connectivity index (χ2v) is 4.61. The molecule has 0 spiro atoms. The highest BCUT2D eigenvalue weighted by atomic mass is 14.7. The summed E-state index contributed by atoms with van der Waals surface area (Å²) in [6.07, 6.45) is 0. The van der Waals surface area contributed by atoms with E-state index < -0.39 is 0 Å². The maximum atomic E-state index is 4.55. The molecule has 0 saturated carbocycles. The summed E-state index contributed by atoms with van der Waals surface area (Å²) in [5.74, 6) is 0. The Kier molecular flexibility index (Phi) is 3.11. The first-order valence-electron chi connectivity index (χ1n) is 6.42. The van der Waals surface area contributed by atoms with Crippen molar-refractivity contribution in [2.75, 3.05) is 0 Å². The molecule has 0 N–H and O–H groups in total. The zero-order valence-corrected chi connectivity index (χ0v) is 10.9. The van der Waals surface area contributed by atoms with E-state index in [4.69, 9.17) is 0 Å². The van der Waals surface area contributed by atoms with Crippen molar-refractivity contribution in [1.82, 2.24) is 4.98 Å². The van der Waals surface area contributed by atoms with Crippen LogP contribution in [0.2, 0.25) is 0 Å². The van der Waals surface area contributed by atoms with Gasteiger partial charge in [0, 0.05) is 11.3 Å². The van der Waals surface area contributed by atoms with Gasteiger partial charge in [-0.05, 0) is 30.2 Å². The van der Waals surface area contributed by atoms with Crippen molar-refractivity contribution >= 4 is 0 Å². The Bertz CT molecular complexity index is 670. The molecule has 0 aliphatic rings. The Morgan fingerprint density at radius 1 is 0.579 bits per heavy atom. The molecule has 19 heavy (non-hydrogen) atoms. The van der Waals surface area contributed by atoms with Crippen LogP contribution in [0, 0.1) is 6.92 Å². The van der Waals surface area contributed by atoms with Gasteiger partial charge in [-0.1, -0.05) is 60.7 Å². The van der Waals surface area contributed by atoms with Gasteiger partial charge >= 0.3 is 0 Å². The predicted octanol–water partition coefficient (Wildman–Crippen LogP) is 4.72. The molecule has 0 aliphatic heterocycles. The molecule has 0 bridgehead atoms. The van der Waals surface area contributed by atoms with Crippen LogP contribution in [0.5, 0.6) is 0 Å². The fourth-order valence-corrected chi connectivity index (χ4v) is 2.17. The molecule has 3 rings (SSSR count). The van der Waals surface area contributed by atoms with Gasteiger partial charge in [0.2, 0.25) is 0 Å². The second-order valence-electron chi connectivity index (χ2n) is 4.61. The van der Waals surface area contributed by atoms with Crippen LogP contribution in [0.15, 0.2) is 72.8 Å². The molecule has 0 fully saturated rings. The number of rotatable bonds is 2. The third-order valence-corrected chi connectivity index (χ3v) is 3.18. The molecule has 0 amide bonds. The lowest BCUT2D eigenvalue weighted by atomic mass is 10.0. The number of hydrogen-bond donors (Lipinski definition) is 0. The Morgan fingerprint density at radius 2 is 1.21 bits per heavy atom. The highest BCUT2D eigenvalue weighted by Crippen LogP contribution is 2.23. The lowest BCUT2D eigenvalue weighted by Crippen LogP contribution is -1.86. The molecular formula is C18H15N. The summed E-state index contributed by atoms with van der Waals surface area (Å²) in [4.78, 5) is 4.55.